The van der Waals surface area contributed by atoms with Crippen LogP contribution >= 0.6 is 0 Å². The molecule has 0 saturated carbocycles. The lowest BCUT2D eigenvalue weighted by Gasteiger charge is -2.23. The van der Waals surface area contributed by atoms with Crippen molar-refractivity contribution in [1.82, 2.24) is 24.9 Å². The summed E-state index contributed by atoms with van der Waals surface area (Å²) in [5.74, 6) is 0.772. The first-order valence-electron chi connectivity index (χ1n) is 10.9. The maximum absolute atomic E-state index is 11.9. The summed E-state index contributed by atoms with van der Waals surface area (Å²) < 4.78 is 21.1. The summed E-state index contributed by atoms with van der Waals surface area (Å²) in [7, 11) is 0. The van der Waals surface area contributed by atoms with Gasteiger partial charge in [0, 0.05) is 30.3 Å². The largest absolute Gasteiger partial charge is 0.494 e. The van der Waals surface area contributed by atoms with Gasteiger partial charge < -0.3 is 19.5 Å². The van der Waals surface area contributed by atoms with Crippen LogP contribution in [-0.2, 0) is 9.47 Å². The molecule has 5 rings (SSSR count). The van der Waals surface area contributed by atoms with Crippen molar-refractivity contribution in [1.29, 1.82) is 0 Å². The molecule has 9 heteroatoms. The van der Waals surface area contributed by atoms with Crippen molar-refractivity contribution in [3.8, 4) is 17.0 Å². The zero-order valence-electron chi connectivity index (χ0n) is 17.6. The van der Waals surface area contributed by atoms with Crippen LogP contribution in [0.4, 0.5) is 4.79 Å². The summed E-state index contributed by atoms with van der Waals surface area (Å²) in [6.07, 6.45) is 7.10. The number of fused-ring (bicyclic) bond motifs is 4. The number of hydrogen-bond donors (Lipinski definition) is 1. The molecule has 2 aliphatic rings. The molecule has 4 heterocycles. The minimum atomic E-state index is -0.429. The molecule has 0 aliphatic carbocycles. The van der Waals surface area contributed by atoms with Gasteiger partial charge in [0.1, 0.15) is 18.1 Å². The Labute approximate surface area is 180 Å². The molecule has 1 aromatic carbocycles. The van der Waals surface area contributed by atoms with Crippen molar-refractivity contribution in [3.63, 3.8) is 0 Å². The van der Waals surface area contributed by atoms with Crippen molar-refractivity contribution < 1.29 is 19.0 Å². The number of amides is 1. The van der Waals surface area contributed by atoms with E-state index < -0.39 is 6.09 Å². The van der Waals surface area contributed by atoms with Crippen LogP contribution in [-0.4, -0.2) is 52.0 Å². The first kappa shape index (κ1) is 19.9. The van der Waals surface area contributed by atoms with E-state index in [0.29, 0.717) is 19.6 Å². The van der Waals surface area contributed by atoms with Crippen LogP contribution in [0.15, 0.2) is 30.6 Å². The van der Waals surface area contributed by atoms with Crippen molar-refractivity contribution in [2.45, 2.75) is 44.9 Å². The number of carbonyl (C=O) groups excluding carboxylic acids is 1. The third-order valence-corrected chi connectivity index (χ3v) is 5.75. The maximum atomic E-state index is 11.9. The highest BCUT2D eigenvalue weighted by atomic mass is 16.5. The zero-order valence-corrected chi connectivity index (χ0v) is 17.6. The second-order valence-electron chi connectivity index (χ2n) is 8.08. The number of hydrogen-bond acceptors (Lipinski definition) is 6. The number of cyclic esters (lactones) is 1. The Bertz CT molecular complexity index is 1070. The molecule has 2 unspecified atom stereocenters. The van der Waals surface area contributed by atoms with Crippen LogP contribution in [0.5, 0.6) is 5.75 Å². The van der Waals surface area contributed by atoms with E-state index in [4.69, 9.17) is 19.3 Å². The third kappa shape index (κ3) is 4.10. The molecule has 1 saturated heterocycles. The lowest BCUT2D eigenvalue weighted by molar-refractivity contribution is -0.0365. The van der Waals surface area contributed by atoms with Crippen LogP contribution in [0.25, 0.3) is 22.2 Å². The molecule has 0 spiro atoms. The van der Waals surface area contributed by atoms with Crippen LogP contribution in [0.3, 0.4) is 0 Å². The highest BCUT2D eigenvalue weighted by Gasteiger charge is 2.23. The monoisotopic (exact) mass is 425 g/mol. The summed E-state index contributed by atoms with van der Waals surface area (Å²) in [5.41, 5.74) is 2.77. The summed E-state index contributed by atoms with van der Waals surface area (Å²) in [6, 6.07) is 5.95. The molecule has 2 aliphatic heterocycles. The van der Waals surface area contributed by atoms with Crippen molar-refractivity contribution in [3.05, 3.63) is 30.6 Å². The average Bonchev–Trinajstić information content (AvgIpc) is 3.42. The summed E-state index contributed by atoms with van der Waals surface area (Å²) in [4.78, 5) is 11.9. The number of alkyl carbamates (subject to hydrolysis) is 1. The number of rotatable bonds is 1. The van der Waals surface area contributed by atoms with Gasteiger partial charge in [0.05, 0.1) is 24.4 Å². The summed E-state index contributed by atoms with van der Waals surface area (Å²) >= 11 is 0. The van der Waals surface area contributed by atoms with Gasteiger partial charge in [-0.1, -0.05) is 0 Å². The minimum Gasteiger partial charge on any atom is -0.494 e. The highest BCUT2D eigenvalue weighted by Crippen LogP contribution is 2.35. The molecule has 3 aromatic rings. The highest BCUT2D eigenvalue weighted by molar-refractivity contribution is 5.94. The number of aromatic nitrogens is 4. The maximum Gasteiger partial charge on any atom is 0.407 e. The number of carbonyl (C=O) groups is 1. The normalized spacial score (nSPS) is 22.7. The molecule has 0 radical (unpaired) electrons. The lowest BCUT2D eigenvalue weighted by Crippen LogP contribution is -2.28. The molecular formula is C22H27N5O4. The molecule has 4 bridgehead atoms. The fourth-order valence-electron chi connectivity index (χ4n) is 4.04. The smallest absolute Gasteiger partial charge is 0.407 e. The predicted molar refractivity (Wildman–Crippen MR) is 114 cm³/mol. The molecule has 9 nitrogen and oxygen atoms in total. The van der Waals surface area contributed by atoms with Gasteiger partial charge in [0.2, 0.25) is 0 Å². The first-order chi connectivity index (χ1) is 15.2. The van der Waals surface area contributed by atoms with Gasteiger partial charge >= 0.3 is 6.09 Å². The van der Waals surface area contributed by atoms with E-state index in [-0.39, 0.29) is 18.9 Å². The van der Waals surface area contributed by atoms with E-state index in [9.17, 15) is 4.79 Å². The standard InChI is InChI=1S/C22H27N5O4/c1-15-14-31-22(28)23-8-4-10-29-17-6-7-19-18(11-17)21(16-12-24-26(15)13-16)25-27(19)20-5-2-3-9-30-20/h6-7,11-13,15,20H,2-5,8-10,14H2,1H3,(H,23,28). The fraction of sp³-hybridized carbons (Fsp3) is 0.500. The van der Waals surface area contributed by atoms with Gasteiger partial charge in [-0.3, -0.25) is 4.68 Å². The first-order valence-corrected chi connectivity index (χ1v) is 10.9. The fourth-order valence-corrected chi connectivity index (χ4v) is 4.04. The SMILES string of the molecule is CC1COC(=O)NCCCOc2ccc3c(c2)c(nn3C2CCCCO2)-c2cnn1c2. The van der Waals surface area contributed by atoms with Gasteiger partial charge in [-0.05, 0) is 50.8 Å². The van der Waals surface area contributed by atoms with Gasteiger partial charge in [0.15, 0.2) is 6.23 Å². The molecule has 2 atom stereocenters. The Kier molecular flexibility index (Phi) is 5.50. The van der Waals surface area contributed by atoms with Crippen LogP contribution in [0.2, 0.25) is 0 Å². The molecule has 2 aromatic heterocycles. The zero-order chi connectivity index (χ0) is 21.2. The van der Waals surface area contributed by atoms with E-state index in [0.717, 1.165) is 53.8 Å². The number of nitrogens with zero attached hydrogens (tertiary/aromatic N) is 4. The second kappa shape index (κ2) is 8.58. The second-order valence-corrected chi connectivity index (χ2v) is 8.08. The van der Waals surface area contributed by atoms with Crippen molar-refractivity contribution >= 4 is 17.0 Å². The Morgan fingerprint density at radius 1 is 1.16 bits per heavy atom. The summed E-state index contributed by atoms with van der Waals surface area (Å²) in [6.45, 7) is 3.94. The average molecular weight is 425 g/mol. The van der Waals surface area contributed by atoms with Gasteiger partial charge in [-0.2, -0.15) is 10.2 Å². The van der Waals surface area contributed by atoms with Gasteiger partial charge in [-0.15, -0.1) is 0 Å². The molecule has 164 valence electrons. The van der Waals surface area contributed by atoms with E-state index in [1.807, 2.05) is 36.0 Å². The third-order valence-electron chi connectivity index (χ3n) is 5.75. The Balaban J connectivity index is 1.57. The molecule has 31 heavy (non-hydrogen) atoms. The van der Waals surface area contributed by atoms with Crippen molar-refractivity contribution in [2.75, 3.05) is 26.4 Å². The van der Waals surface area contributed by atoms with Gasteiger partial charge in [0.25, 0.3) is 0 Å². The van der Waals surface area contributed by atoms with E-state index in [1.165, 1.54) is 0 Å². The predicted octanol–water partition coefficient (Wildman–Crippen LogP) is 3.67. The Morgan fingerprint density at radius 3 is 2.97 bits per heavy atom. The lowest BCUT2D eigenvalue weighted by atomic mass is 10.1. The van der Waals surface area contributed by atoms with E-state index in [2.05, 4.69) is 10.4 Å². The Morgan fingerprint density at radius 2 is 2.10 bits per heavy atom. The topological polar surface area (TPSA) is 92.4 Å². The molecule has 1 fully saturated rings. The molecular weight excluding hydrogens is 398 g/mol. The minimum absolute atomic E-state index is 0.0645. The van der Waals surface area contributed by atoms with Crippen LogP contribution in [0.1, 0.15) is 44.9 Å². The van der Waals surface area contributed by atoms with E-state index >= 15 is 0 Å². The van der Waals surface area contributed by atoms with Crippen LogP contribution in [0, 0.1) is 0 Å². The number of ether oxygens (including phenoxy) is 3. The Hall–Kier alpha value is -3.07. The molecule has 1 amide bonds. The van der Waals surface area contributed by atoms with Gasteiger partial charge in [-0.25, -0.2) is 9.48 Å². The quantitative estimate of drug-likeness (QED) is 0.640. The summed E-state index contributed by atoms with van der Waals surface area (Å²) in [5, 5.41) is 13.2. The van der Waals surface area contributed by atoms with Crippen molar-refractivity contribution in [2.24, 2.45) is 0 Å². The van der Waals surface area contributed by atoms with E-state index in [1.54, 1.807) is 10.9 Å². The van der Waals surface area contributed by atoms with Crippen LogP contribution < -0.4 is 10.1 Å². The number of benzene rings is 1. The number of nitrogens with one attached hydrogen (secondary N) is 1. The molecule has 1 N–H and O–H groups in total.